The summed E-state index contributed by atoms with van der Waals surface area (Å²) >= 11 is 0. The Morgan fingerprint density at radius 1 is 1.16 bits per heavy atom. The lowest BCUT2D eigenvalue weighted by Gasteiger charge is -2.26. The first-order valence-corrected chi connectivity index (χ1v) is 10.2. The second-order valence-corrected chi connectivity index (χ2v) is 7.65. The number of furan rings is 1. The van der Waals surface area contributed by atoms with Crippen molar-refractivity contribution in [2.24, 2.45) is 0 Å². The average molecular weight is 423 g/mol. The lowest BCUT2D eigenvalue weighted by atomic mass is 10.1. The molecule has 0 aliphatic carbocycles. The molecule has 1 fully saturated rings. The first-order valence-electron chi connectivity index (χ1n) is 10.2. The lowest BCUT2D eigenvalue weighted by Crippen LogP contribution is -2.43. The summed E-state index contributed by atoms with van der Waals surface area (Å²) in [5, 5.41) is 2.76. The number of pyridine rings is 1. The SMILES string of the molecule is Cc1ccc(-c2nc(NC(=O)N3CCOCC3)ncc2-c2ccc(=O)n(C(C)C)c2)o1. The molecule has 0 unspecified atom stereocenters. The van der Waals surface area contributed by atoms with E-state index in [0.29, 0.717) is 43.3 Å². The Morgan fingerprint density at radius 2 is 1.94 bits per heavy atom. The highest BCUT2D eigenvalue weighted by atomic mass is 16.5. The number of amides is 2. The molecule has 1 N–H and O–H groups in total. The number of hydrogen-bond acceptors (Lipinski definition) is 6. The van der Waals surface area contributed by atoms with E-state index >= 15 is 0 Å². The summed E-state index contributed by atoms with van der Waals surface area (Å²) in [6.07, 6.45) is 3.43. The van der Waals surface area contributed by atoms with Gasteiger partial charge in [0.2, 0.25) is 5.95 Å². The molecule has 0 radical (unpaired) electrons. The van der Waals surface area contributed by atoms with Crippen molar-refractivity contribution < 1.29 is 13.9 Å². The number of rotatable bonds is 4. The van der Waals surface area contributed by atoms with Crippen molar-refractivity contribution in [3.05, 3.63) is 52.8 Å². The number of nitrogens with zero attached hydrogens (tertiary/aromatic N) is 4. The summed E-state index contributed by atoms with van der Waals surface area (Å²) in [6, 6.07) is 6.68. The normalized spacial score (nSPS) is 14.1. The second kappa shape index (κ2) is 8.73. The maximum atomic E-state index is 12.5. The van der Waals surface area contributed by atoms with Crippen molar-refractivity contribution in [1.29, 1.82) is 0 Å². The van der Waals surface area contributed by atoms with Gasteiger partial charge in [0.05, 0.1) is 13.2 Å². The molecule has 0 bridgehead atoms. The molecule has 1 saturated heterocycles. The molecule has 3 aromatic rings. The Kier molecular flexibility index (Phi) is 5.85. The summed E-state index contributed by atoms with van der Waals surface area (Å²) in [4.78, 5) is 35.3. The molecular weight excluding hydrogens is 398 g/mol. The van der Waals surface area contributed by atoms with Crippen molar-refractivity contribution in [2.45, 2.75) is 26.8 Å². The Hall–Kier alpha value is -3.46. The smallest absolute Gasteiger partial charge is 0.324 e. The van der Waals surface area contributed by atoms with E-state index in [9.17, 15) is 9.59 Å². The molecule has 1 aliphatic rings. The summed E-state index contributed by atoms with van der Waals surface area (Å²) in [6.45, 7) is 7.80. The fraction of sp³-hybridized carbons (Fsp3) is 0.364. The summed E-state index contributed by atoms with van der Waals surface area (Å²) in [5.74, 6) is 1.48. The molecule has 4 heterocycles. The maximum Gasteiger partial charge on any atom is 0.324 e. The van der Waals surface area contributed by atoms with Crippen molar-refractivity contribution in [1.82, 2.24) is 19.4 Å². The van der Waals surface area contributed by atoms with E-state index in [4.69, 9.17) is 9.15 Å². The van der Waals surface area contributed by atoms with Crippen molar-refractivity contribution in [3.63, 3.8) is 0 Å². The zero-order chi connectivity index (χ0) is 22.0. The number of ether oxygens (including phenoxy) is 1. The number of aromatic nitrogens is 3. The Morgan fingerprint density at radius 3 is 2.61 bits per heavy atom. The number of hydrogen-bond donors (Lipinski definition) is 1. The van der Waals surface area contributed by atoms with Crippen LogP contribution in [-0.2, 0) is 4.74 Å². The first kappa shape index (κ1) is 20.8. The quantitative estimate of drug-likeness (QED) is 0.691. The van der Waals surface area contributed by atoms with E-state index in [1.807, 2.05) is 32.9 Å². The number of carbonyl (C=O) groups excluding carboxylic acids is 1. The lowest BCUT2D eigenvalue weighted by molar-refractivity contribution is 0.0564. The molecular formula is C22H25N5O4. The van der Waals surface area contributed by atoms with Gasteiger partial charge < -0.3 is 18.6 Å². The minimum Gasteiger partial charge on any atom is -0.460 e. The molecule has 4 rings (SSSR count). The van der Waals surface area contributed by atoms with E-state index in [1.165, 1.54) is 6.07 Å². The number of aryl methyl sites for hydroxylation is 1. The minimum atomic E-state index is -0.272. The van der Waals surface area contributed by atoms with E-state index in [2.05, 4.69) is 15.3 Å². The number of urea groups is 1. The third kappa shape index (κ3) is 4.51. The first-order chi connectivity index (χ1) is 14.9. The van der Waals surface area contributed by atoms with E-state index < -0.39 is 0 Å². The molecule has 0 aromatic carbocycles. The summed E-state index contributed by atoms with van der Waals surface area (Å²) < 4.78 is 12.8. The summed E-state index contributed by atoms with van der Waals surface area (Å²) in [5.41, 5.74) is 1.94. The van der Waals surface area contributed by atoms with Gasteiger partial charge in [0.15, 0.2) is 5.76 Å². The zero-order valence-electron chi connectivity index (χ0n) is 17.8. The van der Waals surface area contributed by atoms with Gasteiger partial charge in [-0.2, -0.15) is 0 Å². The predicted octanol–water partition coefficient (Wildman–Crippen LogP) is 3.32. The van der Waals surface area contributed by atoms with Crippen molar-refractivity contribution in [2.75, 3.05) is 31.6 Å². The average Bonchev–Trinajstić information content (AvgIpc) is 3.21. The molecule has 9 nitrogen and oxygen atoms in total. The highest BCUT2D eigenvalue weighted by Gasteiger charge is 2.20. The van der Waals surface area contributed by atoms with Gasteiger partial charge >= 0.3 is 6.03 Å². The molecule has 9 heteroatoms. The van der Waals surface area contributed by atoms with Crippen LogP contribution in [0.2, 0.25) is 0 Å². The Labute approximate surface area is 179 Å². The van der Waals surface area contributed by atoms with Crippen molar-refractivity contribution in [3.8, 4) is 22.6 Å². The predicted molar refractivity (Wildman–Crippen MR) is 116 cm³/mol. The van der Waals surface area contributed by atoms with Gasteiger partial charge in [0.25, 0.3) is 5.56 Å². The largest absolute Gasteiger partial charge is 0.460 e. The van der Waals surface area contributed by atoms with Crippen LogP contribution in [0.1, 0.15) is 25.6 Å². The minimum absolute atomic E-state index is 0.00904. The van der Waals surface area contributed by atoms with Gasteiger partial charge in [-0.3, -0.25) is 10.1 Å². The molecule has 0 atom stereocenters. The molecule has 3 aromatic heterocycles. The fourth-order valence-corrected chi connectivity index (χ4v) is 3.41. The highest BCUT2D eigenvalue weighted by Crippen LogP contribution is 2.31. The van der Waals surface area contributed by atoms with Crippen LogP contribution in [0.3, 0.4) is 0 Å². The van der Waals surface area contributed by atoms with Gasteiger partial charge in [0.1, 0.15) is 11.5 Å². The van der Waals surface area contributed by atoms with Gasteiger partial charge in [-0.15, -0.1) is 0 Å². The van der Waals surface area contributed by atoms with Crippen LogP contribution in [0.25, 0.3) is 22.6 Å². The van der Waals surface area contributed by atoms with Crippen LogP contribution in [0.5, 0.6) is 0 Å². The van der Waals surface area contributed by atoms with Crippen LogP contribution >= 0.6 is 0 Å². The Balaban J connectivity index is 1.73. The van der Waals surface area contributed by atoms with Gasteiger partial charge in [-0.25, -0.2) is 14.8 Å². The summed E-state index contributed by atoms with van der Waals surface area (Å²) in [7, 11) is 0. The third-order valence-corrected chi connectivity index (χ3v) is 5.09. The highest BCUT2D eigenvalue weighted by molar-refractivity contribution is 5.88. The zero-order valence-corrected chi connectivity index (χ0v) is 17.8. The van der Waals surface area contributed by atoms with Gasteiger partial charge in [0, 0.05) is 48.7 Å². The number of morpholine rings is 1. The molecule has 31 heavy (non-hydrogen) atoms. The van der Waals surface area contributed by atoms with Crippen LogP contribution < -0.4 is 10.9 Å². The van der Waals surface area contributed by atoms with Gasteiger partial charge in [-0.05, 0) is 39.0 Å². The molecule has 162 valence electrons. The van der Waals surface area contributed by atoms with Crippen LogP contribution in [0.15, 0.2) is 45.9 Å². The van der Waals surface area contributed by atoms with E-state index in [0.717, 1.165) is 11.3 Å². The second-order valence-electron chi connectivity index (χ2n) is 7.65. The molecule has 0 saturated carbocycles. The molecule has 0 spiro atoms. The standard InChI is InChI=1S/C22H25N5O4/c1-14(2)27-13-16(5-7-19(27)28)17-12-23-21(24-20(17)18-6-4-15(3)31-18)25-22(29)26-8-10-30-11-9-26/h4-7,12-14H,8-11H2,1-3H3,(H,23,24,25,29). The van der Waals surface area contributed by atoms with Gasteiger partial charge in [-0.1, -0.05) is 0 Å². The van der Waals surface area contributed by atoms with Crippen LogP contribution in [-0.4, -0.2) is 51.8 Å². The Bertz CT molecular complexity index is 1140. The number of nitrogens with one attached hydrogen (secondary N) is 1. The number of carbonyl (C=O) groups is 1. The molecule has 1 aliphatic heterocycles. The topological polar surface area (TPSA) is 102 Å². The maximum absolute atomic E-state index is 12.5. The van der Waals surface area contributed by atoms with Crippen molar-refractivity contribution >= 4 is 12.0 Å². The van der Waals surface area contributed by atoms with E-state index in [1.54, 1.807) is 27.9 Å². The monoisotopic (exact) mass is 423 g/mol. The third-order valence-electron chi connectivity index (χ3n) is 5.09. The van der Waals surface area contributed by atoms with Crippen LogP contribution in [0.4, 0.5) is 10.7 Å². The fourth-order valence-electron chi connectivity index (χ4n) is 3.41. The van der Waals surface area contributed by atoms with E-state index in [-0.39, 0.29) is 23.6 Å². The van der Waals surface area contributed by atoms with Crippen LogP contribution in [0, 0.1) is 6.92 Å². The molecule has 2 amide bonds. The number of anilines is 1.